The Morgan fingerprint density at radius 3 is 2.58 bits per heavy atom. The summed E-state index contributed by atoms with van der Waals surface area (Å²) in [5.74, 6) is 1.58. The molecule has 2 fully saturated rings. The number of hydrogen-bond donors (Lipinski definition) is 1. The third kappa shape index (κ3) is 2.59. The van der Waals surface area contributed by atoms with Gasteiger partial charge in [-0.3, -0.25) is 0 Å². The third-order valence-electron chi connectivity index (χ3n) is 6.09. The van der Waals surface area contributed by atoms with E-state index in [1.54, 1.807) is 6.92 Å². The lowest BCUT2D eigenvalue weighted by molar-refractivity contribution is -0.132. The molecule has 0 amide bonds. The van der Waals surface area contributed by atoms with E-state index in [4.69, 9.17) is 0 Å². The highest BCUT2D eigenvalue weighted by molar-refractivity contribution is 5.86. The van der Waals surface area contributed by atoms with E-state index in [-0.39, 0.29) is 0 Å². The van der Waals surface area contributed by atoms with Crippen LogP contribution in [0.1, 0.15) is 66.2 Å². The molecular weight excluding hydrogens is 236 g/mol. The Bertz CT molecular complexity index is 392. The first-order chi connectivity index (χ1) is 8.87. The second-order valence-corrected chi connectivity index (χ2v) is 7.15. The molecule has 0 aromatic carbocycles. The van der Waals surface area contributed by atoms with Gasteiger partial charge in [-0.1, -0.05) is 32.8 Å². The zero-order chi connectivity index (χ0) is 14.2. The van der Waals surface area contributed by atoms with Crippen molar-refractivity contribution in [2.75, 3.05) is 0 Å². The molecule has 2 heteroatoms. The SMILES string of the molecule is CC[C@H]1CC[C@H]2CCC(=C(C)C(=O)O)C[C@@H]2C1(C)C. The molecule has 108 valence electrons. The molecule has 2 aliphatic carbocycles. The lowest BCUT2D eigenvalue weighted by atomic mass is 9.53. The van der Waals surface area contributed by atoms with Crippen LogP contribution in [0.5, 0.6) is 0 Å². The molecule has 2 nitrogen and oxygen atoms in total. The van der Waals surface area contributed by atoms with Crippen molar-refractivity contribution < 1.29 is 9.90 Å². The summed E-state index contributed by atoms with van der Waals surface area (Å²) >= 11 is 0. The molecule has 0 aromatic heterocycles. The van der Waals surface area contributed by atoms with Gasteiger partial charge in [-0.2, -0.15) is 0 Å². The Morgan fingerprint density at radius 1 is 1.32 bits per heavy atom. The summed E-state index contributed by atoms with van der Waals surface area (Å²) in [4.78, 5) is 11.2. The monoisotopic (exact) mass is 264 g/mol. The normalized spacial score (nSPS) is 36.5. The van der Waals surface area contributed by atoms with Gasteiger partial charge in [0.2, 0.25) is 0 Å². The highest BCUT2D eigenvalue weighted by atomic mass is 16.4. The van der Waals surface area contributed by atoms with Gasteiger partial charge in [0.15, 0.2) is 0 Å². The van der Waals surface area contributed by atoms with Crippen molar-refractivity contribution >= 4 is 5.97 Å². The molecule has 0 saturated heterocycles. The van der Waals surface area contributed by atoms with E-state index >= 15 is 0 Å². The number of fused-ring (bicyclic) bond motifs is 1. The lowest BCUT2D eigenvalue weighted by Gasteiger charge is -2.52. The van der Waals surface area contributed by atoms with Gasteiger partial charge < -0.3 is 5.11 Å². The summed E-state index contributed by atoms with van der Waals surface area (Å²) in [7, 11) is 0. The van der Waals surface area contributed by atoms with Gasteiger partial charge in [0.25, 0.3) is 0 Å². The number of rotatable bonds is 2. The van der Waals surface area contributed by atoms with Crippen molar-refractivity contribution in [1.82, 2.24) is 0 Å². The average Bonchev–Trinajstić information content (AvgIpc) is 2.37. The van der Waals surface area contributed by atoms with Gasteiger partial charge in [0.05, 0.1) is 0 Å². The molecule has 2 rings (SSSR count). The molecule has 0 heterocycles. The first-order valence-corrected chi connectivity index (χ1v) is 7.79. The van der Waals surface area contributed by atoms with Crippen LogP contribution in [0.4, 0.5) is 0 Å². The molecule has 0 bridgehead atoms. The minimum atomic E-state index is -0.728. The van der Waals surface area contributed by atoms with Crippen molar-refractivity contribution in [3.05, 3.63) is 11.1 Å². The minimum absolute atomic E-state index is 0.363. The highest BCUT2D eigenvalue weighted by Crippen LogP contribution is 2.55. The summed E-state index contributed by atoms with van der Waals surface area (Å²) in [6.45, 7) is 8.91. The number of allylic oxidation sites excluding steroid dienone is 1. The summed E-state index contributed by atoms with van der Waals surface area (Å²) in [5.41, 5.74) is 2.17. The van der Waals surface area contributed by atoms with E-state index in [1.165, 1.54) is 31.3 Å². The Balaban J connectivity index is 2.24. The van der Waals surface area contributed by atoms with Gasteiger partial charge in [-0.15, -0.1) is 0 Å². The van der Waals surface area contributed by atoms with E-state index in [9.17, 15) is 9.90 Å². The van der Waals surface area contributed by atoms with Gasteiger partial charge in [0.1, 0.15) is 0 Å². The summed E-state index contributed by atoms with van der Waals surface area (Å²) in [6, 6.07) is 0. The second-order valence-electron chi connectivity index (χ2n) is 7.15. The topological polar surface area (TPSA) is 37.3 Å². The smallest absolute Gasteiger partial charge is 0.331 e. The van der Waals surface area contributed by atoms with E-state index < -0.39 is 5.97 Å². The quantitative estimate of drug-likeness (QED) is 0.737. The molecule has 0 radical (unpaired) electrons. The van der Waals surface area contributed by atoms with Gasteiger partial charge in [0, 0.05) is 5.57 Å². The molecule has 19 heavy (non-hydrogen) atoms. The Hall–Kier alpha value is -0.790. The summed E-state index contributed by atoms with van der Waals surface area (Å²) in [6.07, 6.45) is 7.20. The third-order valence-corrected chi connectivity index (χ3v) is 6.09. The van der Waals surface area contributed by atoms with Crippen LogP contribution < -0.4 is 0 Å². The van der Waals surface area contributed by atoms with Gasteiger partial charge >= 0.3 is 5.97 Å². The molecule has 0 spiro atoms. The van der Waals surface area contributed by atoms with E-state index in [0.717, 1.165) is 24.7 Å². The van der Waals surface area contributed by atoms with Crippen molar-refractivity contribution in [3.63, 3.8) is 0 Å². The maximum atomic E-state index is 11.2. The summed E-state index contributed by atoms with van der Waals surface area (Å²) in [5, 5.41) is 9.20. The highest BCUT2D eigenvalue weighted by Gasteiger charge is 2.46. The van der Waals surface area contributed by atoms with Crippen LogP contribution in [-0.4, -0.2) is 11.1 Å². The zero-order valence-electron chi connectivity index (χ0n) is 12.8. The second kappa shape index (κ2) is 5.30. The molecule has 1 N–H and O–H groups in total. The Labute approximate surface area is 117 Å². The number of carboxylic acids is 1. The molecular formula is C17H28O2. The fraction of sp³-hybridized carbons (Fsp3) is 0.824. The predicted molar refractivity (Wildman–Crippen MR) is 78.0 cm³/mol. The van der Waals surface area contributed by atoms with Crippen molar-refractivity contribution in [2.45, 2.75) is 66.2 Å². The van der Waals surface area contributed by atoms with E-state index in [1.807, 2.05) is 0 Å². The number of aliphatic carboxylic acids is 1. The van der Waals surface area contributed by atoms with Gasteiger partial charge in [-0.05, 0) is 62.2 Å². The van der Waals surface area contributed by atoms with Crippen LogP contribution in [0.3, 0.4) is 0 Å². The van der Waals surface area contributed by atoms with E-state index in [2.05, 4.69) is 20.8 Å². The standard InChI is InChI=1S/C17H28O2/c1-5-14-9-8-12-6-7-13(11(2)16(18)19)10-15(12)17(14,3)4/h12,14-15H,5-10H2,1-4H3,(H,18,19)/t12-,14+,15+/m1/s1. The van der Waals surface area contributed by atoms with Crippen LogP contribution >= 0.6 is 0 Å². The minimum Gasteiger partial charge on any atom is -0.478 e. The van der Waals surface area contributed by atoms with Gasteiger partial charge in [-0.25, -0.2) is 4.79 Å². The molecule has 0 aromatic rings. The van der Waals surface area contributed by atoms with Crippen LogP contribution in [0, 0.1) is 23.2 Å². The van der Waals surface area contributed by atoms with Crippen molar-refractivity contribution in [3.8, 4) is 0 Å². The largest absolute Gasteiger partial charge is 0.478 e. The Morgan fingerprint density at radius 2 is 2.00 bits per heavy atom. The van der Waals surface area contributed by atoms with Crippen LogP contribution in [-0.2, 0) is 4.79 Å². The molecule has 0 unspecified atom stereocenters. The lowest BCUT2D eigenvalue weighted by Crippen LogP contribution is -2.43. The maximum Gasteiger partial charge on any atom is 0.331 e. The zero-order valence-corrected chi connectivity index (χ0v) is 12.8. The Kier molecular flexibility index (Phi) is 4.08. The maximum absolute atomic E-state index is 11.2. The number of carboxylic acid groups (broad SMARTS) is 1. The van der Waals surface area contributed by atoms with Crippen molar-refractivity contribution in [1.29, 1.82) is 0 Å². The fourth-order valence-corrected chi connectivity index (χ4v) is 4.62. The van der Waals surface area contributed by atoms with Crippen molar-refractivity contribution in [2.24, 2.45) is 23.2 Å². The fourth-order valence-electron chi connectivity index (χ4n) is 4.62. The number of hydrogen-bond acceptors (Lipinski definition) is 1. The summed E-state index contributed by atoms with van der Waals surface area (Å²) < 4.78 is 0. The average molecular weight is 264 g/mol. The number of carbonyl (C=O) groups is 1. The first-order valence-electron chi connectivity index (χ1n) is 7.79. The predicted octanol–water partition coefficient (Wildman–Crippen LogP) is 4.65. The molecule has 3 atom stereocenters. The first kappa shape index (κ1) is 14.6. The van der Waals surface area contributed by atoms with Crippen LogP contribution in [0.25, 0.3) is 0 Å². The van der Waals surface area contributed by atoms with Crippen LogP contribution in [0.2, 0.25) is 0 Å². The molecule has 2 saturated carbocycles. The van der Waals surface area contributed by atoms with E-state index in [0.29, 0.717) is 16.9 Å². The molecule has 0 aliphatic heterocycles. The molecule has 2 aliphatic rings. The van der Waals surface area contributed by atoms with Crippen LogP contribution in [0.15, 0.2) is 11.1 Å².